The van der Waals surface area contributed by atoms with E-state index in [9.17, 15) is 0 Å². The van der Waals surface area contributed by atoms with E-state index in [0.29, 0.717) is 5.92 Å². The summed E-state index contributed by atoms with van der Waals surface area (Å²) in [6, 6.07) is 0. The molecule has 0 aliphatic heterocycles. The molecule has 0 bridgehead atoms. The molecule has 0 atom stereocenters. The maximum absolute atomic E-state index is 2.53. The molecule has 0 rings (SSSR count). The Hall–Kier alpha value is 0.727. The van der Waals surface area contributed by atoms with Crippen LogP contribution < -0.4 is 0 Å². The standard InChI is InChI=1S/C12H24B.3C2H5.Pb/c1-8-12(9(2)3)13(10(4)5)11(6)7;3*1-2;/h9-11H,1-7H3;3*1H2,2H3;. The van der Waals surface area contributed by atoms with E-state index in [4.69, 9.17) is 0 Å². The molecule has 0 fully saturated rings. The van der Waals surface area contributed by atoms with Crippen LogP contribution in [0.1, 0.15) is 69.2 Å². The van der Waals surface area contributed by atoms with Crippen molar-refractivity contribution in [3.05, 3.63) is 8.60 Å². The van der Waals surface area contributed by atoms with Gasteiger partial charge in [-0.05, 0) is 0 Å². The van der Waals surface area contributed by atoms with Crippen LogP contribution >= 0.6 is 0 Å². The summed E-state index contributed by atoms with van der Waals surface area (Å²) in [7, 11) is 0. The number of rotatable bonds is 8. The van der Waals surface area contributed by atoms with Gasteiger partial charge in [-0.2, -0.15) is 0 Å². The molecular formula is C18H39BPb. The van der Waals surface area contributed by atoms with E-state index in [-0.39, 0.29) is 0 Å². The molecule has 0 unspecified atom stereocenters. The first kappa shape index (κ1) is 20.7. The summed E-state index contributed by atoms with van der Waals surface area (Å²) in [6.07, 6.45) is 0. The summed E-state index contributed by atoms with van der Waals surface area (Å²) in [5, 5.41) is 0. The SMILES string of the molecule is C[CH2][Pb]([CH2]C)([CH2]C)/[C](C)=C(\B(C(C)C)C(C)C)C(C)C. The molecule has 0 spiro atoms. The second kappa shape index (κ2) is 9.00. The number of hydrogen-bond donors (Lipinski definition) is 0. The van der Waals surface area contributed by atoms with Gasteiger partial charge in [0.1, 0.15) is 0 Å². The van der Waals surface area contributed by atoms with E-state index in [1.165, 1.54) is 11.9 Å². The van der Waals surface area contributed by atoms with Crippen molar-refractivity contribution in [3.63, 3.8) is 0 Å². The van der Waals surface area contributed by atoms with Crippen LogP contribution in [0, 0.1) is 5.92 Å². The molecular weight excluding hydrogens is 434 g/mol. The van der Waals surface area contributed by atoms with Gasteiger partial charge in [0.15, 0.2) is 0 Å². The summed E-state index contributed by atoms with van der Waals surface area (Å²) in [5.41, 5.74) is 1.85. The minimum atomic E-state index is -2.21. The average Bonchev–Trinajstić information content (AvgIpc) is 2.36. The predicted molar refractivity (Wildman–Crippen MR) is 101 cm³/mol. The molecule has 0 aliphatic rings. The maximum atomic E-state index is 2.53. The first-order valence-corrected chi connectivity index (χ1v) is 19.1. The van der Waals surface area contributed by atoms with Crippen molar-refractivity contribution in [2.45, 2.75) is 92.8 Å². The molecule has 0 N–H and O–H groups in total. The molecule has 0 amide bonds. The van der Waals surface area contributed by atoms with Crippen LogP contribution in [-0.4, -0.2) is 27.9 Å². The summed E-state index contributed by atoms with van der Waals surface area (Å²) in [6.45, 7) is 25.2. The molecule has 0 aliphatic carbocycles. The summed E-state index contributed by atoms with van der Waals surface area (Å²) in [5.74, 6) is 2.24. The van der Waals surface area contributed by atoms with Gasteiger partial charge in [-0.25, -0.2) is 0 Å². The van der Waals surface area contributed by atoms with Crippen LogP contribution in [0.25, 0.3) is 0 Å². The predicted octanol–water partition coefficient (Wildman–Crippen LogP) is 6.86. The summed E-state index contributed by atoms with van der Waals surface area (Å²) < 4.78 is 6.40. The van der Waals surface area contributed by atoms with Gasteiger partial charge >= 0.3 is 135 Å². The molecule has 0 saturated carbocycles. The molecule has 2 heteroatoms. The Balaban J connectivity index is 6.04. The van der Waals surface area contributed by atoms with E-state index in [1.807, 2.05) is 8.60 Å². The fourth-order valence-electron chi connectivity index (χ4n) is 4.41. The van der Waals surface area contributed by atoms with Crippen LogP contribution in [0.2, 0.25) is 23.6 Å². The van der Waals surface area contributed by atoms with E-state index in [1.54, 1.807) is 0 Å². The summed E-state index contributed by atoms with van der Waals surface area (Å²) in [4.78, 5) is 0. The molecule has 0 heterocycles. The van der Waals surface area contributed by atoms with E-state index in [2.05, 4.69) is 69.2 Å². The average molecular weight is 474 g/mol. The Kier molecular flexibility index (Phi) is 9.33. The zero-order chi connectivity index (χ0) is 16.1. The van der Waals surface area contributed by atoms with E-state index in [0.717, 1.165) is 18.3 Å². The van der Waals surface area contributed by atoms with Crippen molar-refractivity contribution >= 4 is 27.9 Å². The van der Waals surface area contributed by atoms with Crippen molar-refractivity contribution in [1.29, 1.82) is 0 Å². The quantitative estimate of drug-likeness (QED) is 0.338. The van der Waals surface area contributed by atoms with Crippen LogP contribution in [0.5, 0.6) is 0 Å². The van der Waals surface area contributed by atoms with Crippen molar-refractivity contribution < 1.29 is 0 Å². The molecule has 0 nitrogen and oxygen atoms in total. The van der Waals surface area contributed by atoms with Gasteiger partial charge in [0.05, 0.1) is 0 Å². The molecule has 0 saturated heterocycles. The molecule has 0 aromatic carbocycles. The van der Waals surface area contributed by atoms with Crippen molar-refractivity contribution in [3.8, 4) is 0 Å². The van der Waals surface area contributed by atoms with Gasteiger partial charge < -0.3 is 0 Å². The van der Waals surface area contributed by atoms with Crippen LogP contribution in [-0.2, 0) is 0 Å². The van der Waals surface area contributed by atoms with Crippen molar-refractivity contribution in [1.82, 2.24) is 0 Å². The second-order valence-corrected chi connectivity index (χ2v) is 28.7. The van der Waals surface area contributed by atoms with Gasteiger partial charge in [0, 0.05) is 0 Å². The van der Waals surface area contributed by atoms with Crippen LogP contribution in [0.3, 0.4) is 0 Å². The third kappa shape index (κ3) is 4.61. The van der Waals surface area contributed by atoms with E-state index < -0.39 is 21.2 Å². The Bertz CT molecular complexity index is 295. The van der Waals surface area contributed by atoms with Crippen LogP contribution in [0.15, 0.2) is 8.60 Å². The fourth-order valence-corrected chi connectivity index (χ4v) is 20.6. The Morgan fingerprint density at radius 3 is 1.35 bits per heavy atom. The molecule has 118 valence electrons. The fraction of sp³-hybridized carbons (Fsp3) is 0.889. The third-order valence-corrected chi connectivity index (χ3v) is 28.8. The first-order chi connectivity index (χ1) is 9.18. The van der Waals surface area contributed by atoms with Crippen molar-refractivity contribution in [2.24, 2.45) is 5.92 Å². The van der Waals surface area contributed by atoms with Crippen molar-refractivity contribution in [2.75, 3.05) is 0 Å². The van der Waals surface area contributed by atoms with Gasteiger partial charge in [0.2, 0.25) is 0 Å². The monoisotopic (exact) mass is 474 g/mol. The second-order valence-electron chi connectivity index (χ2n) is 7.59. The Morgan fingerprint density at radius 1 is 0.800 bits per heavy atom. The Morgan fingerprint density at radius 2 is 1.15 bits per heavy atom. The van der Waals surface area contributed by atoms with E-state index >= 15 is 0 Å². The summed E-state index contributed by atoms with van der Waals surface area (Å²) >= 11 is -2.21. The molecule has 0 aromatic heterocycles. The number of allylic oxidation sites excluding steroid dienone is 2. The first-order valence-electron chi connectivity index (χ1n) is 8.89. The normalized spacial score (nSPS) is 14.2. The molecule has 0 aromatic rings. The van der Waals surface area contributed by atoms with Gasteiger partial charge in [-0.3, -0.25) is 0 Å². The van der Waals surface area contributed by atoms with Gasteiger partial charge in [-0.1, -0.05) is 0 Å². The van der Waals surface area contributed by atoms with Gasteiger partial charge in [0.25, 0.3) is 0 Å². The zero-order valence-corrected chi connectivity index (χ0v) is 19.8. The minimum absolute atomic E-state index is 0.717. The Labute approximate surface area is 134 Å². The zero-order valence-electron chi connectivity index (χ0n) is 15.9. The van der Waals surface area contributed by atoms with Crippen LogP contribution in [0.4, 0.5) is 0 Å². The third-order valence-electron chi connectivity index (χ3n) is 5.68. The van der Waals surface area contributed by atoms with Gasteiger partial charge in [-0.15, -0.1) is 0 Å². The number of hydrogen-bond acceptors (Lipinski definition) is 0. The molecule has 20 heavy (non-hydrogen) atoms. The molecule has 0 radical (unpaired) electrons. The topological polar surface area (TPSA) is 0 Å².